The Morgan fingerprint density at radius 1 is 1.26 bits per heavy atom. The Morgan fingerprint density at radius 2 is 1.91 bits per heavy atom. The molecule has 23 heavy (non-hydrogen) atoms. The molecular formula is C15H24N4O3S. The Kier molecular flexibility index (Phi) is 4.57. The van der Waals surface area contributed by atoms with E-state index in [4.69, 9.17) is 4.74 Å². The molecule has 0 saturated carbocycles. The summed E-state index contributed by atoms with van der Waals surface area (Å²) in [4.78, 5) is 10.7. The van der Waals surface area contributed by atoms with E-state index < -0.39 is 10.0 Å². The van der Waals surface area contributed by atoms with Gasteiger partial charge in [-0.3, -0.25) is 0 Å². The number of methoxy groups -OCH3 is 1. The summed E-state index contributed by atoms with van der Waals surface area (Å²) in [5.74, 6) is 0.722. The number of hydrogen-bond acceptors (Lipinski definition) is 6. The second-order valence-electron chi connectivity index (χ2n) is 6.47. The van der Waals surface area contributed by atoms with Gasteiger partial charge in [-0.15, -0.1) is 0 Å². The molecule has 7 nitrogen and oxygen atoms in total. The molecule has 128 valence electrons. The van der Waals surface area contributed by atoms with E-state index in [1.165, 1.54) is 6.26 Å². The van der Waals surface area contributed by atoms with E-state index >= 15 is 0 Å². The summed E-state index contributed by atoms with van der Waals surface area (Å²) in [5, 5.41) is 0. The largest absolute Gasteiger partial charge is 0.383 e. The van der Waals surface area contributed by atoms with Gasteiger partial charge in [-0.1, -0.05) is 0 Å². The molecule has 2 aliphatic heterocycles. The predicted octanol–water partition coefficient (Wildman–Crippen LogP) is 0.886. The lowest BCUT2D eigenvalue weighted by Gasteiger charge is -2.45. The molecule has 8 heteroatoms. The van der Waals surface area contributed by atoms with Crippen LogP contribution in [0.1, 0.15) is 25.7 Å². The normalized spacial score (nSPS) is 25.1. The van der Waals surface area contributed by atoms with Gasteiger partial charge in [0.25, 0.3) is 0 Å². The summed E-state index contributed by atoms with van der Waals surface area (Å²) < 4.78 is 31.7. The average Bonchev–Trinajstić information content (AvgIpc) is 2.87. The molecule has 0 N–H and O–H groups in total. The molecule has 0 unspecified atom stereocenters. The molecule has 0 radical (unpaired) electrons. The fourth-order valence-electron chi connectivity index (χ4n) is 4.06. The third-order valence-corrected chi connectivity index (χ3v) is 6.39. The summed E-state index contributed by atoms with van der Waals surface area (Å²) >= 11 is 0. The summed E-state index contributed by atoms with van der Waals surface area (Å²) in [7, 11) is -1.63. The zero-order chi connectivity index (χ0) is 16.5. The first-order valence-corrected chi connectivity index (χ1v) is 9.81. The summed E-state index contributed by atoms with van der Waals surface area (Å²) in [6.45, 7) is 2.01. The van der Waals surface area contributed by atoms with Gasteiger partial charge in [0.05, 0.1) is 12.9 Å². The molecule has 1 aromatic rings. The smallest absolute Gasteiger partial charge is 0.225 e. The summed E-state index contributed by atoms with van der Waals surface area (Å²) in [6, 6.07) is 1.75. The second-order valence-corrected chi connectivity index (χ2v) is 8.33. The van der Waals surface area contributed by atoms with Crippen molar-refractivity contribution in [2.75, 3.05) is 38.0 Å². The first-order chi connectivity index (χ1) is 11.0. The van der Waals surface area contributed by atoms with Crippen molar-refractivity contribution in [3.63, 3.8) is 0 Å². The standard InChI is InChI=1S/C15H24N4O3S/c1-22-12-13-4-5-15(19(13)23(2,20)21)6-10-18(11-7-15)14-16-8-3-9-17-14/h3,8-9,13H,4-7,10-12H2,1-2H3/t13-/m1/s1. The van der Waals surface area contributed by atoms with Gasteiger partial charge in [0.2, 0.25) is 16.0 Å². The minimum atomic E-state index is -3.26. The van der Waals surface area contributed by atoms with Gasteiger partial charge < -0.3 is 9.64 Å². The van der Waals surface area contributed by atoms with Gasteiger partial charge in [-0.2, -0.15) is 4.31 Å². The van der Waals surface area contributed by atoms with Crippen LogP contribution in [0.5, 0.6) is 0 Å². The maximum atomic E-state index is 12.4. The van der Waals surface area contributed by atoms with Crippen LogP contribution in [0, 0.1) is 0 Å². The van der Waals surface area contributed by atoms with Crippen molar-refractivity contribution in [3.8, 4) is 0 Å². The van der Waals surface area contributed by atoms with Crippen molar-refractivity contribution in [1.29, 1.82) is 0 Å². The maximum Gasteiger partial charge on any atom is 0.225 e. The van der Waals surface area contributed by atoms with Gasteiger partial charge in [-0.05, 0) is 31.7 Å². The van der Waals surface area contributed by atoms with Gasteiger partial charge >= 0.3 is 0 Å². The van der Waals surface area contributed by atoms with E-state index in [9.17, 15) is 8.42 Å². The molecule has 0 aliphatic carbocycles. The second kappa shape index (κ2) is 6.33. The highest BCUT2D eigenvalue weighted by molar-refractivity contribution is 7.88. The number of anilines is 1. The minimum Gasteiger partial charge on any atom is -0.383 e. The van der Waals surface area contributed by atoms with E-state index in [2.05, 4.69) is 14.9 Å². The highest BCUT2D eigenvalue weighted by Crippen LogP contribution is 2.43. The van der Waals surface area contributed by atoms with Crippen molar-refractivity contribution in [2.45, 2.75) is 37.3 Å². The molecule has 2 saturated heterocycles. The molecule has 0 bridgehead atoms. The monoisotopic (exact) mass is 340 g/mol. The fraction of sp³-hybridized carbons (Fsp3) is 0.733. The number of ether oxygens (including phenoxy) is 1. The van der Waals surface area contributed by atoms with E-state index in [1.54, 1.807) is 29.9 Å². The van der Waals surface area contributed by atoms with Crippen LogP contribution < -0.4 is 4.90 Å². The van der Waals surface area contributed by atoms with Gasteiger partial charge in [-0.25, -0.2) is 18.4 Å². The topological polar surface area (TPSA) is 75.6 Å². The number of aromatic nitrogens is 2. The zero-order valence-electron chi connectivity index (χ0n) is 13.7. The third-order valence-electron chi connectivity index (χ3n) is 4.99. The van der Waals surface area contributed by atoms with Crippen molar-refractivity contribution >= 4 is 16.0 Å². The molecule has 2 fully saturated rings. The molecule has 1 atom stereocenters. The Morgan fingerprint density at radius 3 is 2.48 bits per heavy atom. The van der Waals surface area contributed by atoms with E-state index in [1.807, 2.05) is 0 Å². The fourth-order valence-corrected chi connectivity index (χ4v) is 5.75. The first-order valence-electron chi connectivity index (χ1n) is 7.97. The van der Waals surface area contributed by atoms with Crippen molar-refractivity contribution < 1.29 is 13.2 Å². The van der Waals surface area contributed by atoms with Crippen LogP contribution >= 0.6 is 0 Å². The summed E-state index contributed by atoms with van der Waals surface area (Å²) in [6.07, 6.45) is 8.16. The van der Waals surface area contributed by atoms with E-state index in [-0.39, 0.29) is 11.6 Å². The van der Waals surface area contributed by atoms with Crippen molar-refractivity contribution in [1.82, 2.24) is 14.3 Å². The van der Waals surface area contributed by atoms with Crippen LogP contribution in [0.4, 0.5) is 5.95 Å². The minimum absolute atomic E-state index is 0.0467. The predicted molar refractivity (Wildman–Crippen MR) is 87.8 cm³/mol. The first kappa shape index (κ1) is 16.6. The highest BCUT2D eigenvalue weighted by Gasteiger charge is 2.52. The lowest BCUT2D eigenvalue weighted by molar-refractivity contribution is 0.104. The van der Waals surface area contributed by atoms with Gasteiger partial charge in [0.15, 0.2) is 0 Å². The van der Waals surface area contributed by atoms with Crippen LogP contribution in [0.25, 0.3) is 0 Å². The lowest BCUT2D eigenvalue weighted by Crippen LogP contribution is -2.56. The van der Waals surface area contributed by atoms with E-state index in [0.717, 1.165) is 44.7 Å². The number of hydrogen-bond donors (Lipinski definition) is 0. The molecule has 3 heterocycles. The quantitative estimate of drug-likeness (QED) is 0.810. The molecule has 0 aromatic carbocycles. The average molecular weight is 340 g/mol. The van der Waals surface area contributed by atoms with Crippen molar-refractivity contribution in [2.24, 2.45) is 0 Å². The van der Waals surface area contributed by atoms with Crippen molar-refractivity contribution in [3.05, 3.63) is 18.5 Å². The van der Waals surface area contributed by atoms with Crippen LogP contribution in [-0.2, 0) is 14.8 Å². The molecule has 1 spiro atoms. The zero-order valence-corrected chi connectivity index (χ0v) is 14.5. The molecule has 1 aromatic heterocycles. The summed E-state index contributed by atoms with van der Waals surface area (Å²) in [5.41, 5.74) is -0.276. The Balaban J connectivity index is 1.78. The number of sulfonamides is 1. The molecule has 3 rings (SSSR count). The lowest BCUT2D eigenvalue weighted by atomic mass is 9.86. The van der Waals surface area contributed by atoms with Crippen LogP contribution in [0.15, 0.2) is 18.5 Å². The Bertz CT molecular complexity index is 629. The van der Waals surface area contributed by atoms with Gasteiger partial charge in [0.1, 0.15) is 0 Å². The highest BCUT2D eigenvalue weighted by atomic mass is 32.2. The number of rotatable bonds is 4. The molecule has 2 aliphatic rings. The SMILES string of the molecule is COC[C@H]1CCC2(CCN(c3ncccn3)CC2)N1S(C)(=O)=O. The van der Waals surface area contributed by atoms with Crippen LogP contribution in [0.3, 0.4) is 0 Å². The number of piperidine rings is 1. The van der Waals surface area contributed by atoms with Crippen LogP contribution in [0.2, 0.25) is 0 Å². The maximum absolute atomic E-state index is 12.4. The van der Waals surface area contributed by atoms with Gasteiger partial charge in [0, 0.05) is 44.2 Å². The Labute approximate surface area is 137 Å². The molecule has 0 amide bonds. The van der Waals surface area contributed by atoms with E-state index in [0.29, 0.717) is 6.61 Å². The number of nitrogens with zero attached hydrogens (tertiary/aromatic N) is 4. The third kappa shape index (κ3) is 3.20. The molecular weight excluding hydrogens is 316 g/mol. The van der Waals surface area contributed by atoms with Crippen LogP contribution in [-0.4, -0.2) is 67.3 Å². The Hall–Kier alpha value is -1.25.